The van der Waals surface area contributed by atoms with E-state index >= 15 is 0 Å². The van der Waals surface area contributed by atoms with E-state index < -0.39 is 0 Å². The highest BCUT2D eigenvalue weighted by atomic mass is 16.5. The summed E-state index contributed by atoms with van der Waals surface area (Å²) in [6.45, 7) is 3.33. The maximum atomic E-state index is 9.21. The first-order valence-electron chi connectivity index (χ1n) is 5.26. The van der Waals surface area contributed by atoms with Gasteiger partial charge >= 0.3 is 0 Å². The predicted molar refractivity (Wildman–Crippen MR) is 59.1 cm³/mol. The number of aliphatic hydroxyl groups is 1. The summed E-state index contributed by atoms with van der Waals surface area (Å²) in [4.78, 5) is 0. The first-order valence-corrected chi connectivity index (χ1v) is 5.26. The molecule has 0 amide bonds. The molecule has 1 atom stereocenters. The van der Waals surface area contributed by atoms with Crippen LogP contribution in [-0.4, -0.2) is 31.0 Å². The van der Waals surface area contributed by atoms with Crippen LogP contribution < -0.4 is 4.74 Å². The van der Waals surface area contributed by atoms with E-state index in [2.05, 4.69) is 0 Å². The summed E-state index contributed by atoms with van der Waals surface area (Å²) >= 11 is 0. The number of hydrogen-bond acceptors (Lipinski definition) is 3. The summed E-state index contributed by atoms with van der Waals surface area (Å²) in [6.07, 6.45) is 0.362. The molecule has 1 aromatic rings. The second-order valence-electron chi connectivity index (χ2n) is 3.30. The average molecular weight is 210 g/mol. The molecule has 1 N–H and O–H groups in total. The number of aliphatic hydroxyl groups excluding tert-OH is 1. The Morgan fingerprint density at radius 1 is 1.20 bits per heavy atom. The standard InChI is InChI=1S/C12H18O3/c1-2-11(13)10-14-8-9-15-12-6-4-3-5-7-12/h3-7,11,13H,2,8-10H2,1H3. The van der Waals surface area contributed by atoms with Gasteiger partial charge in [-0.1, -0.05) is 25.1 Å². The van der Waals surface area contributed by atoms with Crippen LogP contribution >= 0.6 is 0 Å². The Bertz CT molecular complexity index is 248. The largest absolute Gasteiger partial charge is 0.491 e. The molecule has 3 heteroatoms. The molecule has 0 spiro atoms. The summed E-state index contributed by atoms with van der Waals surface area (Å²) in [5, 5.41) is 9.21. The van der Waals surface area contributed by atoms with Gasteiger partial charge < -0.3 is 14.6 Å². The van der Waals surface area contributed by atoms with Crippen LogP contribution in [0.15, 0.2) is 30.3 Å². The molecule has 3 nitrogen and oxygen atoms in total. The van der Waals surface area contributed by atoms with E-state index in [1.807, 2.05) is 37.3 Å². The first kappa shape index (κ1) is 12.0. The lowest BCUT2D eigenvalue weighted by molar-refractivity contribution is 0.0233. The fourth-order valence-corrected chi connectivity index (χ4v) is 1.07. The lowest BCUT2D eigenvalue weighted by Crippen LogP contribution is -2.16. The van der Waals surface area contributed by atoms with Crippen molar-refractivity contribution in [2.24, 2.45) is 0 Å². The minimum Gasteiger partial charge on any atom is -0.491 e. The molecular formula is C12H18O3. The predicted octanol–water partition coefficient (Wildman–Crippen LogP) is 1.85. The highest BCUT2D eigenvalue weighted by molar-refractivity contribution is 5.20. The Hall–Kier alpha value is -1.06. The van der Waals surface area contributed by atoms with Gasteiger partial charge in [0.1, 0.15) is 12.4 Å². The van der Waals surface area contributed by atoms with E-state index in [4.69, 9.17) is 9.47 Å². The molecule has 0 saturated heterocycles. The van der Waals surface area contributed by atoms with Crippen molar-refractivity contribution in [3.63, 3.8) is 0 Å². The van der Waals surface area contributed by atoms with Gasteiger partial charge in [-0.2, -0.15) is 0 Å². The number of para-hydroxylation sites is 1. The molecule has 0 aromatic heterocycles. The fourth-order valence-electron chi connectivity index (χ4n) is 1.07. The lowest BCUT2D eigenvalue weighted by Gasteiger charge is -2.09. The van der Waals surface area contributed by atoms with Crippen LogP contribution in [-0.2, 0) is 4.74 Å². The third kappa shape index (κ3) is 5.40. The van der Waals surface area contributed by atoms with E-state index in [1.54, 1.807) is 0 Å². The molecule has 84 valence electrons. The highest BCUT2D eigenvalue weighted by Crippen LogP contribution is 2.07. The van der Waals surface area contributed by atoms with Gasteiger partial charge in [0.15, 0.2) is 0 Å². The maximum absolute atomic E-state index is 9.21. The number of rotatable bonds is 7. The molecule has 0 saturated carbocycles. The van der Waals surface area contributed by atoms with Crippen molar-refractivity contribution in [1.82, 2.24) is 0 Å². The molecule has 0 aliphatic heterocycles. The van der Waals surface area contributed by atoms with Gasteiger partial charge in [-0.3, -0.25) is 0 Å². The molecule has 1 unspecified atom stereocenters. The summed E-state index contributed by atoms with van der Waals surface area (Å²) in [6, 6.07) is 9.61. The topological polar surface area (TPSA) is 38.7 Å². The Morgan fingerprint density at radius 3 is 2.60 bits per heavy atom. The first-order chi connectivity index (χ1) is 7.33. The molecule has 15 heavy (non-hydrogen) atoms. The Morgan fingerprint density at radius 2 is 1.93 bits per heavy atom. The van der Waals surface area contributed by atoms with Gasteiger partial charge in [0.25, 0.3) is 0 Å². The fraction of sp³-hybridized carbons (Fsp3) is 0.500. The molecule has 0 fully saturated rings. The van der Waals surface area contributed by atoms with Gasteiger partial charge in [0, 0.05) is 0 Å². The summed E-state index contributed by atoms with van der Waals surface area (Å²) < 4.78 is 10.6. The second-order valence-corrected chi connectivity index (χ2v) is 3.30. The van der Waals surface area contributed by atoms with Gasteiger partial charge in [-0.05, 0) is 18.6 Å². The number of benzene rings is 1. The van der Waals surface area contributed by atoms with E-state index in [1.165, 1.54) is 0 Å². The van der Waals surface area contributed by atoms with Crippen molar-refractivity contribution in [1.29, 1.82) is 0 Å². The van der Waals surface area contributed by atoms with Gasteiger partial charge in [-0.25, -0.2) is 0 Å². The molecule has 0 radical (unpaired) electrons. The van der Waals surface area contributed by atoms with E-state index in [0.29, 0.717) is 19.8 Å². The normalized spacial score (nSPS) is 12.4. The third-order valence-corrected chi connectivity index (χ3v) is 2.02. The molecular weight excluding hydrogens is 192 g/mol. The highest BCUT2D eigenvalue weighted by Gasteiger charge is 1.99. The van der Waals surface area contributed by atoms with E-state index in [-0.39, 0.29) is 6.10 Å². The zero-order valence-corrected chi connectivity index (χ0v) is 9.06. The average Bonchev–Trinajstić information content (AvgIpc) is 2.29. The summed E-state index contributed by atoms with van der Waals surface area (Å²) in [5.74, 6) is 0.845. The monoisotopic (exact) mass is 210 g/mol. The Labute approximate surface area is 90.6 Å². The molecule has 0 aliphatic rings. The Kier molecular flexibility index (Phi) is 5.81. The molecule has 1 aromatic carbocycles. The van der Waals surface area contributed by atoms with Gasteiger partial charge in [0.2, 0.25) is 0 Å². The zero-order chi connectivity index (χ0) is 10.9. The van der Waals surface area contributed by atoms with Crippen molar-refractivity contribution < 1.29 is 14.6 Å². The van der Waals surface area contributed by atoms with E-state index in [0.717, 1.165) is 12.2 Å². The minimum atomic E-state index is -0.360. The minimum absolute atomic E-state index is 0.360. The van der Waals surface area contributed by atoms with Crippen LogP contribution in [0.4, 0.5) is 0 Å². The molecule has 0 bridgehead atoms. The second kappa shape index (κ2) is 7.26. The van der Waals surface area contributed by atoms with Crippen LogP contribution in [0.3, 0.4) is 0 Å². The van der Waals surface area contributed by atoms with Crippen molar-refractivity contribution in [3.05, 3.63) is 30.3 Å². The number of ether oxygens (including phenoxy) is 2. The van der Waals surface area contributed by atoms with Crippen LogP contribution in [0.5, 0.6) is 5.75 Å². The maximum Gasteiger partial charge on any atom is 0.119 e. The third-order valence-electron chi connectivity index (χ3n) is 2.02. The van der Waals surface area contributed by atoms with E-state index in [9.17, 15) is 5.11 Å². The SMILES string of the molecule is CCC(O)COCCOc1ccccc1. The zero-order valence-electron chi connectivity index (χ0n) is 9.06. The van der Waals surface area contributed by atoms with Crippen LogP contribution in [0.1, 0.15) is 13.3 Å². The van der Waals surface area contributed by atoms with Crippen molar-refractivity contribution in [2.45, 2.75) is 19.4 Å². The van der Waals surface area contributed by atoms with Crippen molar-refractivity contribution in [2.75, 3.05) is 19.8 Å². The smallest absolute Gasteiger partial charge is 0.119 e. The van der Waals surface area contributed by atoms with Gasteiger partial charge in [0.05, 0.1) is 19.3 Å². The van der Waals surface area contributed by atoms with Crippen molar-refractivity contribution >= 4 is 0 Å². The summed E-state index contributed by atoms with van der Waals surface area (Å²) in [7, 11) is 0. The van der Waals surface area contributed by atoms with Crippen LogP contribution in [0, 0.1) is 0 Å². The van der Waals surface area contributed by atoms with Crippen LogP contribution in [0.25, 0.3) is 0 Å². The molecule has 0 heterocycles. The van der Waals surface area contributed by atoms with Crippen LogP contribution in [0.2, 0.25) is 0 Å². The quantitative estimate of drug-likeness (QED) is 0.698. The molecule has 0 aliphatic carbocycles. The molecule has 1 rings (SSSR count). The Balaban J connectivity index is 2.03. The lowest BCUT2D eigenvalue weighted by atomic mass is 10.3. The van der Waals surface area contributed by atoms with Crippen molar-refractivity contribution in [3.8, 4) is 5.75 Å². The summed E-state index contributed by atoms with van der Waals surface area (Å²) in [5.41, 5.74) is 0. The van der Waals surface area contributed by atoms with Gasteiger partial charge in [-0.15, -0.1) is 0 Å². The number of hydrogen-bond donors (Lipinski definition) is 1.